The zero-order valence-electron chi connectivity index (χ0n) is 17.7. The number of fused-ring (bicyclic) bond motifs is 2. The van der Waals surface area contributed by atoms with E-state index >= 15 is 0 Å². The van der Waals surface area contributed by atoms with Crippen molar-refractivity contribution in [3.63, 3.8) is 0 Å². The molecule has 2 aromatic rings. The molecule has 0 spiro atoms. The van der Waals surface area contributed by atoms with Crippen molar-refractivity contribution in [3.05, 3.63) is 34.5 Å². The Labute approximate surface area is 175 Å². The van der Waals surface area contributed by atoms with Gasteiger partial charge in [-0.1, -0.05) is 38.3 Å². The Kier molecular flexibility index (Phi) is 8.42. The van der Waals surface area contributed by atoms with E-state index in [0.29, 0.717) is 0 Å². The molecule has 1 N–H and O–H groups in total. The fourth-order valence-corrected chi connectivity index (χ4v) is 4.38. The number of pyridine rings is 1. The minimum atomic E-state index is 0.768. The maximum Gasteiger partial charge on any atom is 0.0741 e. The van der Waals surface area contributed by atoms with Gasteiger partial charge in [-0.3, -0.25) is 4.98 Å². The molecule has 0 amide bonds. The normalized spacial score (nSPS) is 13.9. The Morgan fingerprint density at radius 3 is 2.46 bits per heavy atom. The molecule has 0 fully saturated rings. The number of halogens is 1. The molecule has 3 rings (SSSR count). The lowest BCUT2D eigenvalue weighted by Gasteiger charge is -2.24. The lowest BCUT2D eigenvalue weighted by molar-refractivity contribution is 0.264. The van der Waals surface area contributed by atoms with Gasteiger partial charge >= 0.3 is 0 Å². The first-order valence-corrected chi connectivity index (χ1v) is 11.7. The summed E-state index contributed by atoms with van der Waals surface area (Å²) in [7, 11) is 0. The summed E-state index contributed by atoms with van der Waals surface area (Å²) in [5.41, 5.74) is 5.05. The van der Waals surface area contributed by atoms with Crippen LogP contribution < -0.4 is 5.32 Å². The molecule has 0 atom stereocenters. The van der Waals surface area contributed by atoms with Gasteiger partial charge in [-0.2, -0.15) is 0 Å². The third kappa shape index (κ3) is 5.61. The molecule has 0 aliphatic heterocycles. The SMILES string of the molecule is CCCCN(CCCC)CCCNc1c2c(nc3cc(Cl)ccc13)CCCC2. The van der Waals surface area contributed by atoms with Crippen molar-refractivity contribution in [3.8, 4) is 0 Å². The lowest BCUT2D eigenvalue weighted by Crippen LogP contribution is -2.28. The quantitative estimate of drug-likeness (QED) is 0.437. The van der Waals surface area contributed by atoms with Crippen molar-refractivity contribution >= 4 is 28.2 Å². The molecule has 1 heterocycles. The average molecular weight is 402 g/mol. The summed E-state index contributed by atoms with van der Waals surface area (Å²) in [5, 5.41) is 5.78. The zero-order chi connectivity index (χ0) is 19.8. The third-order valence-corrected chi connectivity index (χ3v) is 6.07. The molecule has 154 valence electrons. The van der Waals surface area contributed by atoms with Crippen molar-refractivity contribution in [1.29, 1.82) is 0 Å². The molecule has 1 aromatic heterocycles. The van der Waals surface area contributed by atoms with Gasteiger partial charge in [0.1, 0.15) is 0 Å². The Hall–Kier alpha value is -1.32. The van der Waals surface area contributed by atoms with Crippen molar-refractivity contribution < 1.29 is 0 Å². The number of nitrogens with zero attached hydrogens (tertiary/aromatic N) is 2. The summed E-state index contributed by atoms with van der Waals surface area (Å²) in [6, 6.07) is 6.13. The molecule has 1 aliphatic carbocycles. The molecule has 0 bridgehead atoms. The van der Waals surface area contributed by atoms with Crippen LogP contribution in [-0.2, 0) is 12.8 Å². The Morgan fingerprint density at radius 1 is 1.00 bits per heavy atom. The van der Waals surface area contributed by atoms with Crippen LogP contribution in [0.4, 0.5) is 5.69 Å². The van der Waals surface area contributed by atoms with E-state index in [0.717, 1.165) is 29.9 Å². The second-order valence-corrected chi connectivity index (χ2v) is 8.55. The van der Waals surface area contributed by atoms with Crippen LogP contribution in [0.5, 0.6) is 0 Å². The molecular formula is C24H36ClN3. The van der Waals surface area contributed by atoms with E-state index in [1.165, 1.54) is 86.9 Å². The van der Waals surface area contributed by atoms with E-state index in [-0.39, 0.29) is 0 Å². The molecular weight excluding hydrogens is 366 g/mol. The average Bonchev–Trinajstić information content (AvgIpc) is 2.71. The standard InChI is InChI=1S/C24H36ClN3/c1-3-5-15-28(16-6-4-2)17-9-14-26-24-20-10-7-8-11-22(20)27-23-18-19(25)12-13-21(23)24/h12-13,18H,3-11,14-17H2,1-2H3,(H,26,27). The number of hydrogen-bond donors (Lipinski definition) is 1. The van der Waals surface area contributed by atoms with Gasteiger partial charge in [-0.25, -0.2) is 0 Å². The van der Waals surface area contributed by atoms with Gasteiger partial charge in [-0.15, -0.1) is 0 Å². The predicted octanol–water partition coefficient (Wildman–Crippen LogP) is 6.47. The second-order valence-electron chi connectivity index (χ2n) is 8.11. The monoisotopic (exact) mass is 401 g/mol. The topological polar surface area (TPSA) is 28.2 Å². The maximum atomic E-state index is 6.23. The van der Waals surface area contributed by atoms with Crippen LogP contribution in [-0.4, -0.2) is 36.1 Å². The number of hydrogen-bond acceptors (Lipinski definition) is 3. The molecule has 28 heavy (non-hydrogen) atoms. The summed E-state index contributed by atoms with van der Waals surface area (Å²) in [6.07, 6.45) is 11.1. The molecule has 3 nitrogen and oxygen atoms in total. The van der Waals surface area contributed by atoms with Gasteiger partial charge in [0.05, 0.1) is 5.52 Å². The molecule has 1 aromatic carbocycles. The van der Waals surface area contributed by atoms with Crippen molar-refractivity contribution in [1.82, 2.24) is 9.88 Å². The van der Waals surface area contributed by atoms with Gasteiger partial charge in [0, 0.05) is 28.3 Å². The van der Waals surface area contributed by atoms with E-state index in [1.807, 2.05) is 12.1 Å². The summed E-state index contributed by atoms with van der Waals surface area (Å²) < 4.78 is 0. The summed E-state index contributed by atoms with van der Waals surface area (Å²) >= 11 is 6.23. The van der Waals surface area contributed by atoms with Gasteiger partial charge in [-0.05, 0) is 88.3 Å². The maximum absolute atomic E-state index is 6.23. The second kappa shape index (κ2) is 11.0. The smallest absolute Gasteiger partial charge is 0.0741 e. The highest BCUT2D eigenvalue weighted by molar-refractivity contribution is 6.31. The number of anilines is 1. The number of aryl methyl sites for hydroxylation is 1. The number of nitrogens with one attached hydrogen (secondary N) is 1. The number of rotatable bonds is 11. The third-order valence-electron chi connectivity index (χ3n) is 5.83. The van der Waals surface area contributed by atoms with Gasteiger partial charge in [0.15, 0.2) is 0 Å². The molecule has 0 unspecified atom stereocenters. The number of unbranched alkanes of at least 4 members (excludes halogenated alkanes) is 2. The van der Waals surface area contributed by atoms with Crippen LogP contribution in [0.2, 0.25) is 5.02 Å². The first-order valence-electron chi connectivity index (χ1n) is 11.3. The Balaban J connectivity index is 1.67. The molecule has 0 radical (unpaired) electrons. The van der Waals surface area contributed by atoms with Crippen LogP contribution in [0.15, 0.2) is 18.2 Å². The Morgan fingerprint density at radius 2 is 1.71 bits per heavy atom. The van der Waals surface area contributed by atoms with Crippen LogP contribution in [0.1, 0.15) is 70.1 Å². The fourth-order valence-electron chi connectivity index (χ4n) is 4.22. The molecule has 0 saturated heterocycles. The fraction of sp³-hybridized carbons (Fsp3) is 0.625. The van der Waals surface area contributed by atoms with Crippen molar-refractivity contribution in [2.75, 3.05) is 31.5 Å². The predicted molar refractivity (Wildman–Crippen MR) is 123 cm³/mol. The van der Waals surface area contributed by atoms with Gasteiger partial charge in [0.2, 0.25) is 0 Å². The highest BCUT2D eigenvalue weighted by Crippen LogP contribution is 2.34. The number of benzene rings is 1. The van der Waals surface area contributed by atoms with Crippen LogP contribution in [0, 0.1) is 0 Å². The van der Waals surface area contributed by atoms with Crippen LogP contribution >= 0.6 is 11.6 Å². The molecule has 4 heteroatoms. The van der Waals surface area contributed by atoms with Crippen molar-refractivity contribution in [2.45, 2.75) is 71.6 Å². The first-order chi connectivity index (χ1) is 13.7. The minimum absolute atomic E-state index is 0.768. The largest absolute Gasteiger partial charge is 0.384 e. The van der Waals surface area contributed by atoms with E-state index in [1.54, 1.807) is 0 Å². The van der Waals surface area contributed by atoms with Crippen molar-refractivity contribution in [2.24, 2.45) is 0 Å². The molecule has 0 saturated carbocycles. The van der Waals surface area contributed by atoms with E-state index in [9.17, 15) is 0 Å². The highest BCUT2D eigenvalue weighted by Gasteiger charge is 2.18. The van der Waals surface area contributed by atoms with Gasteiger partial charge in [0.25, 0.3) is 0 Å². The zero-order valence-corrected chi connectivity index (χ0v) is 18.5. The van der Waals surface area contributed by atoms with Gasteiger partial charge < -0.3 is 10.2 Å². The van der Waals surface area contributed by atoms with E-state index in [2.05, 4.69) is 30.1 Å². The Bertz CT molecular complexity index is 751. The summed E-state index contributed by atoms with van der Waals surface area (Å²) in [4.78, 5) is 7.58. The van der Waals surface area contributed by atoms with E-state index in [4.69, 9.17) is 16.6 Å². The molecule has 1 aliphatic rings. The first kappa shape index (κ1) is 21.4. The highest BCUT2D eigenvalue weighted by atomic mass is 35.5. The van der Waals surface area contributed by atoms with Crippen LogP contribution in [0.25, 0.3) is 10.9 Å². The number of aromatic nitrogens is 1. The van der Waals surface area contributed by atoms with E-state index < -0.39 is 0 Å². The van der Waals surface area contributed by atoms with Crippen LogP contribution in [0.3, 0.4) is 0 Å². The summed E-state index contributed by atoms with van der Waals surface area (Å²) in [5.74, 6) is 0. The lowest BCUT2D eigenvalue weighted by atomic mass is 9.92. The minimum Gasteiger partial charge on any atom is -0.384 e. The summed E-state index contributed by atoms with van der Waals surface area (Å²) in [6.45, 7) is 9.24.